The van der Waals surface area contributed by atoms with Crippen LogP contribution in [0.4, 0.5) is 0 Å². The lowest BCUT2D eigenvalue weighted by Crippen LogP contribution is -2.48. The van der Waals surface area contributed by atoms with Gasteiger partial charge in [0.2, 0.25) is 5.91 Å². The molecular weight excluding hydrogens is 364 g/mol. The molecule has 1 saturated carbocycles. The molecule has 2 amide bonds. The first kappa shape index (κ1) is 15.7. The lowest BCUT2D eigenvalue weighted by atomic mass is 9.82. The molecule has 120 valence electrons. The SMILES string of the molecule is O=C(NNC(=O)[C@H]1[C@H](C(=O)O)[C@H]2C=C[C@H]1C2)c1ccc(Br)cc1. The Kier molecular flexibility index (Phi) is 4.21. The highest BCUT2D eigenvalue weighted by molar-refractivity contribution is 9.10. The van der Waals surface area contributed by atoms with E-state index in [-0.39, 0.29) is 11.8 Å². The van der Waals surface area contributed by atoms with E-state index >= 15 is 0 Å². The quantitative estimate of drug-likeness (QED) is 0.551. The smallest absolute Gasteiger partial charge is 0.307 e. The fraction of sp³-hybridized carbons (Fsp3) is 0.312. The number of carbonyl (C=O) groups excluding carboxylic acids is 2. The van der Waals surface area contributed by atoms with E-state index in [1.807, 2.05) is 12.2 Å². The third-order valence-electron chi connectivity index (χ3n) is 4.45. The molecule has 0 saturated heterocycles. The van der Waals surface area contributed by atoms with Crippen LogP contribution in [0.1, 0.15) is 16.8 Å². The average molecular weight is 379 g/mol. The van der Waals surface area contributed by atoms with Crippen LogP contribution in [0.15, 0.2) is 40.9 Å². The number of amides is 2. The predicted molar refractivity (Wildman–Crippen MR) is 85.1 cm³/mol. The Morgan fingerprint density at radius 2 is 1.61 bits per heavy atom. The summed E-state index contributed by atoms with van der Waals surface area (Å²) in [7, 11) is 0. The zero-order chi connectivity index (χ0) is 16.6. The van der Waals surface area contributed by atoms with Crippen molar-refractivity contribution in [2.24, 2.45) is 23.7 Å². The molecule has 4 atom stereocenters. The number of benzene rings is 1. The molecule has 1 aromatic rings. The van der Waals surface area contributed by atoms with Gasteiger partial charge in [-0.15, -0.1) is 0 Å². The second kappa shape index (κ2) is 6.16. The van der Waals surface area contributed by atoms with Gasteiger partial charge in [0.15, 0.2) is 0 Å². The summed E-state index contributed by atoms with van der Waals surface area (Å²) < 4.78 is 0.844. The lowest BCUT2D eigenvalue weighted by molar-refractivity contribution is -0.148. The standard InChI is InChI=1S/C16H15BrN2O4/c17-11-5-3-8(4-6-11)14(20)18-19-15(21)12-9-1-2-10(7-9)13(12)16(22)23/h1-6,9-10,12-13H,7H2,(H,18,20)(H,19,21)(H,22,23)/t9-,10-,12+,13+/m0/s1. The van der Waals surface area contributed by atoms with Crippen molar-refractivity contribution in [1.29, 1.82) is 0 Å². The predicted octanol–water partition coefficient (Wildman–Crippen LogP) is 1.73. The summed E-state index contributed by atoms with van der Waals surface area (Å²) in [6, 6.07) is 6.67. The molecule has 0 heterocycles. The highest BCUT2D eigenvalue weighted by atomic mass is 79.9. The van der Waals surface area contributed by atoms with Gasteiger partial charge in [-0.1, -0.05) is 28.1 Å². The summed E-state index contributed by atoms with van der Waals surface area (Å²) in [5, 5.41) is 9.33. The fourth-order valence-corrected chi connectivity index (χ4v) is 3.66. The molecule has 23 heavy (non-hydrogen) atoms. The Morgan fingerprint density at radius 1 is 1.00 bits per heavy atom. The van der Waals surface area contributed by atoms with Gasteiger partial charge in [0.25, 0.3) is 5.91 Å². The van der Waals surface area contributed by atoms with Gasteiger partial charge in [-0.25, -0.2) is 0 Å². The molecule has 2 aliphatic carbocycles. The van der Waals surface area contributed by atoms with Crippen LogP contribution in [0.5, 0.6) is 0 Å². The molecule has 6 nitrogen and oxygen atoms in total. The minimum absolute atomic E-state index is 0.0781. The molecule has 1 aromatic carbocycles. The summed E-state index contributed by atoms with van der Waals surface area (Å²) >= 11 is 3.28. The molecule has 2 bridgehead atoms. The number of carboxylic acids is 1. The van der Waals surface area contributed by atoms with Crippen molar-refractivity contribution in [3.63, 3.8) is 0 Å². The van der Waals surface area contributed by atoms with Gasteiger partial charge in [-0.05, 0) is 42.5 Å². The Balaban J connectivity index is 1.63. The maximum absolute atomic E-state index is 12.3. The number of hydrogen-bond donors (Lipinski definition) is 3. The minimum atomic E-state index is -0.971. The van der Waals surface area contributed by atoms with Crippen molar-refractivity contribution < 1.29 is 19.5 Å². The van der Waals surface area contributed by atoms with Crippen LogP contribution in [0.2, 0.25) is 0 Å². The zero-order valence-electron chi connectivity index (χ0n) is 12.0. The number of hydrogen-bond acceptors (Lipinski definition) is 3. The normalized spacial score (nSPS) is 27.7. The van der Waals surface area contributed by atoms with E-state index in [0.717, 1.165) is 4.47 Å². The molecule has 7 heteroatoms. The second-order valence-electron chi connectivity index (χ2n) is 5.79. The van der Waals surface area contributed by atoms with Gasteiger partial charge >= 0.3 is 5.97 Å². The first-order valence-electron chi connectivity index (χ1n) is 7.24. The number of nitrogens with one attached hydrogen (secondary N) is 2. The molecule has 0 radical (unpaired) electrons. The largest absolute Gasteiger partial charge is 0.481 e. The topological polar surface area (TPSA) is 95.5 Å². The first-order chi connectivity index (χ1) is 11.0. The van der Waals surface area contributed by atoms with Crippen LogP contribution in [0.3, 0.4) is 0 Å². The van der Waals surface area contributed by atoms with Gasteiger partial charge in [0.1, 0.15) is 0 Å². The Hall–Kier alpha value is -2.15. The molecule has 0 spiro atoms. The highest BCUT2D eigenvalue weighted by Gasteiger charge is 2.51. The molecule has 2 aliphatic rings. The number of carboxylic acid groups (broad SMARTS) is 1. The summed E-state index contributed by atoms with van der Waals surface area (Å²) in [5.41, 5.74) is 5.10. The van der Waals surface area contributed by atoms with Crippen molar-refractivity contribution >= 4 is 33.7 Å². The average Bonchev–Trinajstić information content (AvgIpc) is 3.13. The highest BCUT2D eigenvalue weighted by Crippen LogP contribution is 2.48. The van der Waals surface area contributed by atoms with Crippen LogP contribution in [0, 0.1) is 23.7 Å². The molecular formula is C16H15BrN2O4. The van der Waals surface area contributed by atoms with Gasteiger partial charge < -0.3 is 5.11 Å². The van der Waals surface area contributed by atoms with Crippen molar-refractivity contribution in [3.05, 3.63) is 46.5 Å². The molecule has 3 rings (SSSR count). The number of halogens is 1. The summed E-state index contributed by atoms with van der Waals surface area (Å²) in [5.74, 6) is -3.43. The first-order valence-corrected chi connectivity index (χ1v) is 8.03. The van der Waals surface area contributed by atoms with E-state index in [2.05, 4.69) is 26.8 Å². The van der Waals surface area contributed by atoms with Gasteiger partial charge in [0, 0.05) is 10.0 Å². The molecule has 0 aliphatic heterocycles. The third-order valence-corrected chi connectivity index (χ3v) is 4.98. The van der Waals surface area contributed by atoms with Crippen LogP contribution in [0.25, 0.3) is 0 Å². The Morgan fingerprint density at radius 3 is 2.22 bits per heavy atom. The van der Waals surface area contributed by atoms with E-state index in [4.69, 9.17) is 0 Å². The van der Waals surface area contributed by atoms with Gasteiger partial charge in [0.05, 0.1) is 11.8 Å². The van der Waals surface area contributed by atoms with E-state index in [1.165, 1.54) is 0 Å². The van der Waals surface area contributed by atoms with E-state index in [0.29, 0.717) is 12.0 Å². The molecule has 3 N–H and O–H groups in total. The fourth-order valence-electron chi connectivity index (χ4n) is 3.39. The van der Waals surface area contributed by atoms with Crippen LogP contribution < -0.4 is 10.9 Å². The van der Waals surface area contributed by atoms with E-state index < -0.39 is 29.6 Å². The summed E-state index contributed by atoms with van der Waals surface area (Å²) in [6.45, 7) is 0. The van der Waals surface area contributed by atoms with Crippen LogP contribution >= 0.6 is 15.9 Å². The molecule has 1 fully saturated rings. The van der Waals surface area contributed by atoms with Gasteiger partial charge in [-0.3, -0.25) is 25.2 Å². The van der Waals surface area contributed by atoms with Crippen LogP contribution in [-0.2, 0) is 9.59 Å². The van der Waals surface area contributed by atoms with Crippen molar-refractivity contribution in [2.75, 3.05) is 0 Å². The van der Waals surface area contributed by atoms with Crippen molar-refractivity contribution in [3.8, 4) is 0 Å². The van der Waals surface area contributed by atoms with Crippen molar-refractivity contribution in [1.82, 2.24) is 10.9 Å². The lowest BCUT2D eigenvalue weighted by Gasteiger charge is -2.23. The Labute approximate surface area is 141 Å². The van der Waals surface area contributed by atoms with Gasteiger partial charge in [-0.2, -0.15) is 0 Å². The maximum Gasteiger partial charge on any atom is 0.307 e. The number of rotatable bonds is 3. The summed E-state index contributed by atoms with van der Waals surface area (Å²) in [6.07, 6.45) is 4.44. The van der Waals surface area contributed by atoms with E-state index in [1.54, 1.807) is 24.3 Å². The number of carbonyl (C=O) groups is 3. The molecule has 0 unspecified atom stereocenters. The monoisotopic (exact) mass is 378 g/mol. The Bertz CT molecular complexity index is 686. The number of allylic oxidation sites excluding steroid dienone is 2. The number of fused-ring (bicyclic) bond motifs is 2. The minimum Gasteiger partial charge on any atom is -0.481 e. The zero-order valence-corrected chi connectivity index (χ0v) is 13.6. The van der Waals surface area contributed by atoms with Crippen LogP contribution in [-0.4, -0.2) is 22.9 Å². The number of aliphatic carboxylic acids is 1. The van der Waals surface area contributed by atoms with E-state index in [9.17, 15) is 19.5 Å². The molecule has 0 aromatic heterocycles. The maximum atomic E-state index is 12.3. The number of hydrazine groups is 1. The third kappa shape index (κ3) is 3.01. The van der Waals surface area contributed by atoms with Crippen molar-refractivity contribution in [2.45, 2.75) is 6.42 Å². The second-order valence-corrected chi connectivity index (χ2v) is 6.70. The summed E-state index contributed by atoms with van der Waals surface area (Å²) in [4.78, 5) is 35.7.